The van der Waals surface area contributed by atoms with Crippen molar-refractivity contribution < 1.29 is 4.42 Å². The molecule has 0 bridgehead atoms. The topological polar surface area (TPSA) is 129 Å². The second-order valence-corrected chi connectivity index (χ2v) is 16.4. The van der Waals surface area contributed by atoms with Crippen LogP contribution in [0.5, 0.6) is 0 Å². The van der Waals surface area contributed by atoms with Crippen LogP contribution in [0.4, 0.5) is 0 Å². The van der Waals surface area contributed by atoms with E-state index < -0.39 is 0 Å². The van der Waals surface area contributed by atoms with Crippen molar-refractivity contribution in [3.05, 3.63) is 201 Å². The number of aromatic nitrogens is 9. The molecule has 0 amide bonds. The summed E-state index contributed by atoms with van der Waals surface area (Å²) in [7, 11) is 0. The molecule has 0 radical (unpaired) electrons. The number of para-hydroxylation sites is 6. The van der Waals surface area contributed by atoms with Gasteiger partial charge in [0.1, 0.15) is 5.52 Å². The quantitative estimate of drug-likeness (QED) is 0.153. The fraction of sp³-hybridized carbons (Fsp3) is 0. The van der Waals surface area contributed by atoms with Gasteiger partial charge >= 0.3 is 0 Å². The second kappa shape index (κ2) is 15.7. The van der Waals surface area contributed by atoms with Crippen LogP contribution in [0.15, 0.2) is 205 Å². The molecule has 6 aromatic carbocycles. The summed E-state index contributed by atoms with van der Waals surface area (Å²) >= 11 is 0. The van der Waals surface area contributed by atoms with Crippen LogP contribution in [0, 0.1) is 0 Å². The fourth-order valence-electron chi connectivity index (χ4n) is 8.59. The van der Waals surface area contributed by atoms with Crippen molar-refractivity contribution in [2.24, 2.45) is 0 Å². The van der Waals surface area contributed by atoms with Crippen molar-refractivity contribution in [1.29, 1.82) is 0 Å². The highest BCUT2D eigenvalue weighted by molar-refractivity contribution is 5.89. The molecule has 0 aliphatic heterocycles. The first-order valence-electron chi connectivity index (χ1n) is 21.8. The molecule has 0 fully saturated rings. The first kappa shape index (κ1) is 38.1. The van der Waals surface area contributed by atoms with E-state index in [9.17, 15) is 0 Å². The number of benzene rings is 6. The van der Waals surface area contributed by atoms with Crippen molar-refractivity contribution in [3.63, 3.8) is 0 Å². The Kier molecular flexibility index (Phi) is 8.92. The van der Waals surface area contributed by atoms with E-state index in [1.54, 1.807) is 0 Å². The highest BCUT2D eigenvalue weighted by Gasteiger charge is 2.20. The lowest BCUT2D eigenvalue weighted by Gasteiger charge is -2.13. The molecule has 10 nitrogen and oxygen atoms in total. The summed E-state index contributed by atoms with van der Waals surface area (Å²) in [6.07, 6.45) is 7.45. The van der Waals surface area contributed by atoms with Crippen LogP contribution < -0.4 is 0 Å². The molecule has 0 spiro atoms. The van der Waals surface area contributed by atoms with E-state index in [2.05, 4.69) is 48.5 Å². The van der Waals surface area contributed by atoms with E-state index >= 15 is 0 Å². The van der Waals surface area contributed by atoms with E-state index in [1.807, 2.05) is 152 Å². The van der Waals surface area contributed by atoms with Gasteiger partial charge in [0.05, 0.1) is 44.8 Å². The highest BCUT2D eigenvalue weighted by atomic mass is 16.3. The van der Waals surface area contributed by atoms with E-state index in [1.165, 1.54) is 0 Å². The van der Waals surface area contributed by atoms with Crippen molar-refractivity contribution >= 4 is 54.7 Å². The van der Waals surface area contributed by atoms with E-state index in [0.29, 0.717) is 62.6 Å². The molecule has 312 valence electrons. The van der Waals surface area contributed by atoms with Gasteiger partial charge in [0, 0.05) is 85.3 Å². The smallest absolute Gasteiger partial charge is 0.227 e. The lowest BCUT2D eigenvalue weighted by atomic mass is 10.0. The Bertz CT molecular complexity index is 3640. The molecule has 67 heavy (non-hydrogen) atoms. The first-order valence-corrected chi connectivity index (χ1v) is 21.8. The minimum Gasteiger partial charge on any atom is -0.436 e. The lowest BCUT2D eigenvalue weighted by molar-refractivity contribution is 0.620. The monoisotopic (exact) mass is 859 g/mol. The van der Waals surface area contributed by atoms with Gasteiger partial charge in [-0.2, -0.15) is 0 Å². The van der Waals surface area contributed by atoms with Crippen LogP contribution in [0.3, 0.4) is 0 Å². The summed E-state index contributed by atoms with van der Waals surface area (Å²) in [6, 6.07) is 58.5. The first-order chi connectivity index (χ1) is 33.1. The third-order valence-corrected chi connectivity index (χ3v) is 12.0. The Morgan fingerprint density at radius 1 is 0.269 bits per heavy atom. The molecular formula is C57H33N9O. The van der Waals surface area contributed by atoms with E-state index in [4.69, 9.17) is 49.3 Å². The minimum absolute atomic E-state index is 0.437. The molecule has 0 N–H and O–H groups in total. The van der Waals surface area contributed by atoms with Gasteiger partial charge in [-0.15, -0.1) is 0 Å². The maximum absolute atomic E-state index is 6.45. The molecule has 13 rings (SSSR count). The fourth-order valence-corrected chi connectivity index (χ4v) is 8.59. The Balaban J connectivity index is 1.05. The van der Waals surface area contributed by atoms with Crippen molar-refractivity contribution in [1.82, 2.24) is 44.9 Å². The molecule has 0 unspecified atom stereocenters. The van der Waals surface area contributed by atoms with Gasteiger partial charge in [-0.3, -0.25) is 19.9 Å². The van der Waals surface area contributed by atoms with Gasteiger partial charge in [0.2, 0.25) is 5.89 Å². The van der Waals surface area contributed by atoms with Gasteiger partial charge in [-0.25, -0.2) is 24.9 Å². The molecular weight excluding hydrogens is 827 g/mol. The summed E-state index contributed by atoms with van der Waals surface area (Å²) in [5, 5.41) is 4.02. The maximum atomic E-state index is 6.45. The predicted molar refractivity (Wildman–Crippen MR) is 264 cm³/mol. The van der Waals surface area contributed by atoms with Crippen LogP contribution in [0.25, 0.3) is 134 Å². The van der Waals surface area contributed by atoms with Crippen molar-refractivity contribution in [2.45, 2.75) is 0 Å². The van der Waals surface area contributed by atoms with Gasteiger partial charge < -0.3 is 4.42 Å². The number of pyridine rings is 4. The zero-order chi connectivity index (χ0) is 44.3. The van der Waals surface area contributed by atoms with Crippen LogP contribution in [-0.4, -0.2) is 44.9 Å². The summed E-state index contributed by atoms with van der Waals surface area (Å²) in [6.45, 7) is 0. The molecule has 0 aliphatic rings. The third-order valence-electron chi connectivity index (χ3n) is 12.0. The molecule has 0 aliphatic carbocycles. The molecule has 0 atom stereocenters. The van der Waals surface area contributed by atoms with Gasteiger partial charge in [-0.1, -0.05) is 84.9 Å². The van der Waals surface area contributed by atoms with E-state index in [-0.39, 0.29) is 0 Å². The van der Waals surface area contributed by atoms with Crippen LogP contribution in [0.1, 0.15) is 0 Å². The SMILES string of the molecule is c1ccc2ncc(-c3cc(-c4cnc5ccccc5c4)nc(-c4cc(-c5nc(-c6cnc7ccccc7c6)cc(-c6cnc7ccccc7c6)n5)cc(-c5nc6ccccc6o5)c4)n3)cc2c1. The third kappa shape index (κ3) is 7.15. The van der Waals surface area contributed by atoms with Crippen molar-refractivity contribution in [3.8, 4) is 79.3 Å². The number of hydrogen-bond acceptors (Lipinski definition) is 10. The normalized spacial score (nSPS) is 11.6. The Labute approximate surface area is 382 Å². The molecule has 0 saturated carbocycles. The van der Waals surface area contributed by atoms with Gasteiger partial charge in [-0.05, 0) is 91.0 Å². The molecule has 0 saturated heterocycles. The molecule has 7 heterocycles. The Morgan fingerprint density at radius 3 is 0.970 bits per heavy atom. The summed E-state index contributed by atoms with van der Waals surface area (Å²) in [4.78, 5) is 45.4. The molecule has 13 aromatic rings. The average molecular weight is 860 g/mol. The number of rotatable bonds is 7. The number of hydrogen-bond donors (Lipinski definition) is 0. The largest absolute Gasteiger partial charge is 0.436 e. The predicted octanol–water partition coefficient (Wildman–Crippen LogP) is 13.3. The lowest BCUT2D eigenvalue weighted by Crippen LogP contribution is -2.00. The summed E-state index contributed by atoms with van der Waals surface area (Å²) < 4.78 is 6.45. The van der Waals surface area contributed by atoms with Crippen LogP contribution >= 0.6 is 0 Å². The number of fused-ring (bicyclic) bond motifs is 5. The van der Waals surface area contributed by atoms with Crippen LogP contribution in [-0.2, 0) is 0 Å². The van der Waals surface area contributed by atoms with Gasteiger partial charge in [0.25, 0.3) is 0 Å². The molecule has 10 heteroatoms. The Hall–Kier alpha value is -9.41. The molecule has 7 aromatic heterocycles. The minimum atomic E-state index is 0.437. The zero-order valence-electron chi connectivity index (χ0n) is 35.5. The van der Waals surface area contributed by atoms with E-state index in [0.717, 1.165) is 71.4 Å². The average Bonchev–Trinajstić information content (AvgIpc) is 3.85. The van der Waals surface area contributed by atoms with Gasteiger partial charge in [0.15, 0.2) is 17.2 Å². The van der Waals surface area contributed by atoms with Crippen LogP contribution in [0.2, 0.25) is 0 Å². The number of oxazole rings is 1. The summed E-state index contributed by atoms with van der Waals surface area (Å²) in [5.41, 5.74) is 13.3. The standard InChI is InChI=1S/C57H33N9O/c1-5-15-45-34(11-1)21-41(30-58-45)50-28-51(42-22-35-12-2-6-16-46(35)59-31-42)63-55(62-50)38-25-39(27-40(26-38)57-66-49-19-9-10-20-54(49)67-57)56-64-52(43-23-36-13-3-7-17-47(36)60-32-43)29-53(65-56)44-24-37-14-4-8-18-48(37)61-33-44/h1-33H. The summed E-state index contributed by atoms with van der Waals surface area (Å²) in [5.74, 6) is 1.38. The zero-order valence-corrected chi connectivity index (χ0v) is 35.5. The number of nitrogens with zero attached hydrogens (tertiary/aromatic N) is 9. The second-order valence-electron chi connectivity index (χ2n) is 16.4. The maximum Gasteiger partial charge on any atom is 0.227 e. The highest BCUT2D eigenvalue weighted by Crippen LogP contribution is 2.37. The Morgan fingerprint density at radius 2 is 0.597 bits per heavy atom. The van der Waals surface area contributed by atoms with Crippen molar-refractivity contribution in [2.75, 3.05) is 0 Å².